The minimum absolute atomic E-state index is 0.0173. The first-order valence-electron chi connectivity index (χ1n) is 6.67. The number of carbonyl (C=O) groups is 1. The summed E-state index contributed by atoms with van der Waals surface area (Å²) in [5.74, 6) is -0.0173. The van der Waals surface area contributed by atoms with Crippen LogP contribution in [0.3, 0.4) is 0 Å². The van der Waals surface area contributed by atoms with E-state index in [0.717, 1.165) is 11.3 Å². The highest BCUT2D eigenvalue weighted by Gasteiger charge is 2.18. The van der Waals surface area contributed by atoms with Gasteiger partial charge in [0.15, 0.2) is 0 Å². The van der Waals surface area contributed by atoms with Gasteiger partial charge in [-0.05, 0) is 50.6 Å². The lowest BCUT2D eigenvalue weighted by atomic mass is 10.1. The summed E-state index contributed by atoms with van der Waals surface area (Å²) < 4.78 is 0. The van der Waals surface area contributed by atoms with E-state index in [4.69, 9.17) is 11.6 Å². The Kier molecular flexibility index (Phi) is 4.46. The third-order valence-electron chi connectivity index (χ3n) is 3.34. The van der Waals surface area contributed by atoms with Gasteiger partial charge >= 0.3 is 0 Å². The Hall–Kier alpha value is -1.80. The molecule has 0 aromatic heterocycles. The summed E-state index contributed by atoms with van der Waals surface area (Å²) in [6.45, 7) is 6.54. The molecule has 0 unspecified atom stereocenters. The van der Waals surface area contributed by atoms with Crippen LogP contribution in [0.25, 0.3) is 0 Å². The molecule has 0 aliphatic carbocycles. The van der Waals surface area contributed by atoms with E-state index in [9.17, 15) is 4.79 Å². The molecule has 0 aliphatic rings. The van der Waals surface area contributed by atoms with E-state index in [1.807, 2.05) is 51.1 Å². The number of aryl methyl sites for hydroxylation is 2. The molecule has 3 heteroatoms. The van der Waals surface area contributed by atoms with Gasteiger partial charge in [-0.15, -0.1) is 0 Å². The van der Waals surface area contributed by atoms with E-state index in [1.165, 1.54) is 5.56 Å². The van der Waals surface area contributed by atoms with E-state index >= 15 is 0 Å². The van der Waals surface area contributed by atoms with Crippen molar-refractivity contribution in [2.75, 3.05) is 11.4 Å². The summed E-state index contributed by atoms with van der Waals surface area (Å²) in [4.78, 5) is 14.5. The number of hydrogen-bond acceptors (Lipinski definition) is 1. The normalized spacial score (nSPS) is 10.4. The molecule has 0 spiro atoms. The molecular formula is C17H18ClNO. The molecule has 0 atom stereocenters. The topological polar surface area (TPSA) is 20.3 Å². The van der Waals surface area contributed by atoms with Crippen molar-refractivity contribution < 1.29 is 4.79 Å². The summed E-state index contributed by atoms with van der Waals surface area (Å²) in [5, 5.41) is 0.582. The second-order valence-corrected chi connectivity index (χ2v) is 5.28. The highest BCUT2D eigenvalue weighted by atomic mass is 35.5. The number of hydrogen-bond donors (Lipinski definition) is 0. The molecule has 0 saturated heterocycles. The van der Waals surface area contributed by atoms with Crippen molar-refractivity contribution in [3.8, 4) is 0 Å². The summed E-state index contributed by atoms with van der Waals surface area (Å²) in [7, 11) is 0. The van der Waals surface area contributed by atoms with E-state index in [0.29, 0.717) is 17.1 Å². The Morgan fingerprint density at radius 2 is 1.75 bits per heavy atom. The third kappa shape index (κ3) is 3.02. The summed E-state index contributed by atoms with van der Waals surface area (Å²) in [6.07, 6.45) is 0. The molecular weight excluding hydrogens is 270 g/mol. The molecule has 0 bridgehead atoms. The van der Waals surface area contributed by atoms with Gasteiger partial charge < -0.3 is 4.90 Å². The average molecular weight is 288 g/mol. The first-order chi connectivity index (χ1) is 9.52. The fourth-order valence-corrected chi connectivity index (χ4v) is 2.31. The van der Waals surface area contributed by atoms with Crippen molar-refractivity contribution in [1.29, 1.82) is 0 Å². The van der Waals surface area contributed by atoms with Crippen molar-refractivity contribution in [2.24, 2.45) is 0 Å². The molecule has 2 nitrogen and oxygen atoms in total. The monoisotopic (exact) mass is 287 g/mol. The van der Waals surface area contributed by atoms with Crippen LogP contribution < -0.4 is 4.90 Å². The standard InChI is InChI=1S/C17H18ClNO/c1-4-19(15-9-5-12(2)6-10-15)17(20)16-11-14(18)8-7-13(16)3/h5-11H,4H2,1-3H3. The Morgan fingerprint density at radius 3 is 2.35 bits per heavy atom. The first-order valence-corrected chi connectivity index (χ1v) is 7.05. The predicted molar refractivity (Wildman–Crippen MR) is 84.7 cm³/mol. The molecule has 2 aromatic rings. The number of benzene rings is 2. The van der Waals surface area contributed by atoms with Gasteiger partial charge in [-0.1, -0.05) is 35.4 Å². The van der Waals surface area contributed by atoms with Crippen molar-refractivity contribution in [1.82, 2.24) is 0 Å². The van der Waals surface area contributed by atoms with E-state index in [-0.39, 0.29) is 5.91 Å². The smallest absolute Gasteiger partial charge is 0.258 e. The largest absolute Gasteiger partial charge is 0.309 e. The van der Waals surface area contributed by atoms with Crippen LogP contribution in [0.5, 0.6) is 0 Å². The first kappa shape index (κ1) is 14.6. The molecule has 104 valence electrons. The SMILES string of the molecule is CCN(C(=O)c1cc(Cl)ccc1C)c1ccc(C)cc1. The maximum Gasteiger partial charge on any atom is 0.258 e. The maximum absolute atomic E-state index is 12.7. The molecule has 0 saturated carbocycles. The number of rotatable bonds is 3. The van der Waals surface area contributed by atoms with E-state index in [2.05, 4.69) is 0 Å². The second-order valence-electron chi connectivity index (χ2n) is 4.84. The van der Waals surface area contributed by atoms with Crippen LogP contribution in [0.1, 0.15) is 28.4 Å². The molecule has 0 fully saturated rings. The van der Waals surface area contributed by atoms with Crippen molar-refractivity contribution in [3.05, 3.63) is 64.2 Å². The molecule has 20 heavy (non-hydrogen) atoms. The molecule has 0 radical (unpaired) electrons. The van der Waals surface area contributed by atoms with Crippen LogP contribution in [0.2, 0.25) is 5.02 Å². The maximum atomic E-state index is 12.7. The number of carbonyl (C=O) groups excluding carboxylic acids is 1. The van der Waals surface area contributed by atoms with Crippen molar-refractivity contribution in [2.45, 2.75) is 20.8 Å². The van der Waals surface area contributed by atoms with Crippen LogP contribution >= 0.6 is 11.6 Å². The molecule has 0 aliphatic heterocycles. The number of anilines is 1. The van der Waals surface area contributed by atoms with Gasteiger partial charge in [-0.2, -0.15) is 0 Å². The summed E-state index contributed by atoms with van der Waals surface area (Å²) >= 11 is 6.00. The summed E-state index contributed by atoms with van der Waals surface area (Å²) in [6, 6.07) is 13.4. The number of amides is 1. The van der Waals surface area contributed by atoms with Gasteiger partial charge in [0.25, 0.3) is 5.91 Å². The highest BCUT2D eigenvalue weighted by molar-refractivity contribution is 6.31. The van der Waals surface area contributed by atoms with Gasteiger partial charge in [0.2, 0.25) is 0 Å². The third-order valence-corrected chi connectivity index (χ3v) is 3.57. The minimum atomic E-state index is -0.0173. The molecule has 0 N–H and O–H groups in total. The zero-order valence-corrected chi connectivity index (χ0v) is 12.7. The lowest BCUT2D eigenvalue weighted by Crippen LogP contribution is -2.31. The van der Waals surface area contributed by atoms with Crippen LogP contribution in [-0.4, -0.2) is 12.5 Å². The lowest BCUT2D eigenvalue weighted by Gasteiger charge is -2.22. The van der Waals surface area contributed by atoms with E-state index < -0.39 is 0 Å². The van der Waals surface area contributed by atoms with Crippen LogP contribution in [-0.2, 0) is 0 Å². The fraction of sp³-hybridized carbons (Fsp3) is 0.235. The average Bonchev–Trinajstić information content (AvgIpc) is 2.44. The number of nitrogens with zero attached hydrogens (tertiary/aromatic N) is 1. The zero-order valence-electron chi connectivity index (χ0n) is 12.0. The Bertz CT molecular complexity index is 619. The van der Waals surface area contributed by atoms with Crippen LogP contribution in [0.15, 0.2) is 42.5 Å². The highest BCUT2D eigenvalue weighted by Crippen LogP contribution is 2.21. The van der Waals surface area contributed by atoms with Gasteiger partial charge in [-0.25, -0.2) is 0 Å². The van der Waals surface area contributed by atoms with Gasteiger partial charge in [-0.3, -0.25) is 4.79 Å². The van der Waals surface area contributed by atoms with Gasteiger partial charge in [0.05, 0.1) is 0 Å². The quantitative estimate of drug-likeness (QED) is 0.806. The van der Waals surface area contributed by atoms with Crippen molar-refractivity contribution in [3.63, 3.8) is 0 Å². The number of halogens is 1. The lowest BCUT2D eigenvalue weighted by molar-refractivity contribution is 0.0987. The van der Waals surface area contributed by atoms with E-state index in [1.54, 1.807) is 17.0 Å². The Labute approximate surface area is 125 Å². The zero-order chi connectivity index (χ0) is 14.7. The van der Waals surface area contributed by atoms with Crippen LogP contribution in [0, 0.1) is 13.8 Å². The molecule has 0 heterocycles. The van der Waals surface area contributed by atoms with Crippen LogP contribution in [0.4, 0.5) is 5.69 Å². The molecule has 2 aromatic carbocycles. The predicted octanol–water partition coefficient (Wildman–Crippen LogP) is 4.62. The fourth-order valence-electron chi connectivity index (χ4n) is 2.14. The van der Waals surface area contributed by atoms with Gasteiger partial charge in [0, 0.05) is 22.8 Å². The van der Waals surface area contributed by atoms with Gasteiger partial charge in [0.1, 0.15) is 0 Å². The minimum Gasteiger partial charge on any atom is -0.309 e. The summed E-state index contributed by atoms with van der Waals surface area (Å²) in [5.41, 5.74) is 3.67. The molecule has 1 amide bonds. The second kappa shape index (κ2) is 6.10. The Balaban J connectivity index is 2.38. The van der Waals surface area contributed by atoms with Crippen molar-refractivity contribution >= 4 is 23.2 Å². The molecule has 2 rings (SSSR count). The Morgan fingerprint density at radius 1 is 1.10 bits per heavy atom.